The fourth-order valence-electron chi connectivity index (χ4n) is 3.42. The van der Waals surface area contributed by atoms with E-state index in [0.29, 0.717) is 6.54 Å². The van der Waals surface area contributed by atoms with E-state index in [-0.39, 0.29) is 5.56 Å². The molecule has 24 heavy (non-hydrogen) atoms. The zero-order valence-electron chi connectivity index (χ0n) is 13.9. The average molecular weight is 339 g/mol. The van der Waals surface area contributed by atoms with Crippen LogP contribution in [0.3, 0.4) is 0 Å². The number of aryl methyl sites for hydroxylation is 1. The van der Waals surface area contributed by atoms with Crippen LogP contribution in [0.1, 0.15) is 30.5 Å². The maximum Gasteiger partial charge on any atom is 0.263 e. The van der Waals surface area contributed by atoms with Crippen molar-refractivity contribution in [3.8, 4) is 11.3 Å². The summed E-state index contributed by atoms with van der Waals surface area (Å²) in [6.07, 6.45) is 3.75. The third-order valence-corrected chi connectivity index (χ3v) is 5.60. The van der Waals surface area contributed by atoms with Gasteiger partial charge in [-0.1, -0.05) is 36.8 Å². The Labute approximate surface area is 145 Å². The molecule has 0 aliphatic carbocycles. The van der Waals surface area contributed by atoms with Gasteiger partial charge in [-0.3, -0.25) is 14.1 Å². The highest BCUT2D eigenvalue weighted by Crippen LogP contribution is 2.24. The summed E-state index contributed by atoms with van der Waals surface area (Å²) in [5.74, 6) is 0. The van der Waals surface area contributed by atoms with Crippen molar-refractivity contribution < 1.29 is 0 Å². The number of nitrogens with zero attached hydrogens (tertiary/aromatic N) is 3. The van der Waals surface area contributed by atoms with Crippen LogP contribution < -0.4 is 5.56 Å². The van der Waals surface area contributed by atoms with Crippen molar-refractivity contribution in [1.82, 2.24) is 14.3 Å². The Hall–Kier alpha value is -1.98. The predicted octanol–water partition coefficient (Wildman–Crippen LogP) is 3.72. The molecule has 2 aromatic heterocycles. The van der Waals surface area contributed by atoms with E-state index >= 15 is 0 Å². The van der Waals surface area contributed by atoms with E-state index in [2.05, 4.69) is 4.90 Å². The van der Waals surface area contributed by atoms with Crippen LogP contribution in [0.4, 0.5) is 0 Å². The first-order valence-corrected chi connectivity index (χ1v) is 9.39. The summed E-state index contributed by atoms with van der Waals surface area (Å²) < 4.78 is 1.78. The van der Waals surface area contributed by atoms with E-state index in [0.717, 1.165) is 40.6 Å². The molecular formula is C19H21N3OS. The molecule has 4 nitrogen and oxygen atoms in total. The lowest BCUT2D eigenvalue weighted by atomic mass is 10.1. The molecule has 124 valence electrons. The van der Waals surface area contributed by atoms with Gasteiger partial charge in [0.05, 0.1) is 17.0 Å². The summed E-state index contributed by atoms with van der Waals surface area (Å²) >= 11 is 1.53. The van der Waals surface area contributed by atoms with E-state index < -0.39 is 0 Å². The highest BCUT2D eigenvalue weighted by Gasteiger charge is 2.18. The van der Waals surface area contributed by atoms with E-state index in [1.54, 1.807) is 4.40 Å². The molecule has 0 radical (unpaired) electrons. The van der Waals surface area contributed by atoms with Gasteiger partial charge in [-0.05, 0) is 38.4 Å². The molecule has 0 bridgehead atoms. The molecule has 1 fully saturated rings. The smallest absolute Gasteiger partial charge is 0.263 e. The van der Waals surface area contributed by atoms with Crippen molar-refractivity contribution in [2.24, 2.45) is 0 Å². The molecule has 0 saturated carbocycles. The zero-order valence-corrected chi connectivity index (χ0v) is 14.7. The molecule has 0 amide bonds. The van der Waals surface area contributed by atoms with Gasteiger partial charge in [0.2, 0.25) is 0 Å². The van der Waals surface area contributed by atoms with Crippen molar-refractivity contribution in [2.45, 2.75) is 32.7 Å². The standard InChI is InChI=1S/C19H21N3OS/c1-14-16(12-21-10-6-3-7-11-21)18(23)22-17(13-24-19(22)20-14)15-8-4-2-5-9-15/h2,4-5,8-9,13H,3,6-7,10-12H2,1H3. The third kappa shape index (κ3) is 2.78. The van der Waals surface area contributed by atoms with E-state index in [4.69, 9.17) is 4.98 Å². The Morgan fingerprint density at radius 3 is 2.62 bits per heavy atom. The van der Waals surface area contributed by atoms with Crippen molar-refractivity contribution in [2.75, 3.05) is 13.1 Å². The number of likely N-dealkylation sites (tertiary alicyclic amines) is 1. The molecular weight excluding hydrogens is 318 g/mol. The minimum absolute atomic E-state index is 0.0863. The third-order valence-electron chi connectivity index (χ3n) is 4.77. The maximum absolute atomic E-state index is 13.2. The van der Waals surface area contributed by atoms with Crippen LogP contribution in [0, 0.1) is 6.92 Å². The van der Waals surface area contributed by atoms with Crippen LogP contribution >= 0.6 is 11.3 Å². The van der Waals surface area contributed by atoms with Gasteiger partial charge >= 0.3 is 0 Å². The number of rotatable bonds is 3. The van der Waals surface area contributed by atoms with Crippen LogP contribution in [-0.2, 0) is 6.54 Å². The second-order valence-corrected chi connectivity index (χ2v) is 7.26. The second kappa shape index (κ2) is 6.49. The monoisotopic (exact) mass is 339 g/mol. The molecule has 0 atom stereocenters. The normalized spacial score (nSPS) is 15.9. The van der Waals surface area contributed by atoms with Gasteiger partial charge in [-0.2, -0.15) is 0 Å². The van der Waals surface area contributed by atoms with Gasteiger partial charge in [0.25, 0.3) is 5.56 Å². The number of hydrogen-bond donors (Lipinski definition) is 0. The fraction of sp³-hybridized carbons (Fsp3) is 0.368. The molecule has 1 aliphatic rings. The number of thiazole rings is 1. The van der Waals surface area contributed by atoms with Crippen LogP contribution in [0.2, 0.25) is 0 Å². The van der Waals surface area contributed by atoms with Crippen molar-refractivity contribution in [3.63, 3.8) is 0 Å². The van der Waals surface area contributed by atoms with Crippen molar-refractivity contribution >= 4 is 16.3 Å². The van der Waals surface area contributed by atoms with E-state index in [9.17, 15) is 4.79 Å². The molecule has 0 unspecified atom stereocenters. The largest absolute Gasteiger partial charge is 0.299 e. The minimum atomic E-state index is 0.0863. The lowest BCUT2D eigenvalue weighted by Gasteiger charge is -2.26. The quantitative estimate of drug-likeness (QED) is 0.730. The Morgan fingerprint density at radius 2 is 1.88 bits per heavy atom. The Morgan fingerprint density at radius 1 is 1.12 bits per heavy atom. The topological polar surface area (TPSA) is 37.6 Å². The van der Waals surface area contributed by atoms with Crippen molar-refractivity contribution in [1.29, 1.82) is 0 Å². The summed E-state index contributed by atoms with van der Waals surface area (Å²) in [6, 6.07) is 10.1. The summed E-state index contributed by atoms with van der Waals surface area (Å²) in [7, 11) is 0. The lowest BCUT2D eigenvalue weighted by molar-refractivity contribution is 0.219. The molecule has 3 heterocycles. The summed E-state index contributed by atoms with van der Waals surface area (Å²) in [5, 5.41) is 2.03. The average Bonchev–Trinajstić information content (AvgIpc) is 3.04. The highest BCUT2D eigenvalue weighted by atomic mass is 32.1. The number of aromatic nitrogens is 2. The highest BCUT2D eigenvalue weighted by molar-refractivity contribution is 7.15. The molecule has 1 aliphatic heterocycles. The Balaban J connectivity index is 1.81. The fourth-order valence-corrected chi connectivity index (χ4v) is 4.35. The molecule has 0 spiro atoms. The number of piperidine rings is 1. The van der Waals surface area contributed by atoms with Gasteiger partial charge < -0.3 is 0 Å². The second-order valence-electron chi connectivity index (χ2n) is 6.42. The molecule has 0 N–H and O–H groups in total. The van der Waals surface area contributed by atoms with Crippen LogP contribution in [-0.4, -0.2) is 27.4 Å². The first-order chi connectivity index (χ1) is 11.7. The molecule has 4 rings (SSSR count). The number of fused-ring (bicyclic) bond motifs is 1. The van der Waals surface area contributed by atoms with Gasteiger partial charge in [-0.25, -0.2) is 4.98 Å². The molecule has 1 aromatic carbocycles. The first-order valence-electron chi connectivity index (χ1n) is 8.51. The van der Waals surface area contributed by atoms with Gasteiger partial charge in [0.15, 0.2) is 4.96 Å². The summed E-state index contributed by atoms with van der Waals surface area (Å²) in [5.41, 5.74) is 3.79. The molecule has 3 aromatic rings. The Bertz CT molecular complexity index is 908. The Kier molecular flexibility index (Phi) is 4.21. The van der Waals surface area contributed by atoms with Gasteiger partial charge in [-0.15, -0.1) is 11.3 Å². The van der Waals surface area contributed by atoms with E-state index in [1.807, 2.05) is 42.6 Å². The zero-order chi connectivity index (χ0) is 16.5. The van der Waals surface area contributed by atoms with Gasteiger partial charge in [0.1, 0.15) is 0 Å². The SMILES string of the molecule is Cc1nc2scc(-c3ccccc3)n2c(=O)c1CN1CCCCC1. The van der Waals surface area contributed by atoms with Crippen LogP contribution in [0.15, 0.2) is 40.5 Å². The number of benzene rings is 1. The summed E-state index contributed by atoms with van der Waals surface area (Å²) in [4.78, 5) is 21.0. The summed E-state index contributed by atoms with van der Waals surface area (Å²) in [6.45, 7) is 4.83. The maximum atomic E-state index is 13.2. The van der Waals surface area contributed by atoms with Crippen molar-refractivity contribution in [3.05, 3.63) is 57.3 Å². The molecule has 1 saturated heterocycles. The first kappa shape index (κ1) is 15.5. The van der Waals surface area contributed by atoms with Crippen LogP contribution in [0.25, 0.3) is 16.2 Å². The lowest BCUT2D eigenvalue weighted by Crippen LogP contribution is -2.33. The van der Waals surface area contributed by atoms with Gasteiger partial charge in [0, 0.05) is 11.9 Å². The minimum Gasteiger partial charge on any atom is -0.299 e. The molecule has 5 heteroatoms. The van der Waals surface area contributed by atoms with E-state index in [1.165, 1.54) is 30.6 Å². The predicted molar refractivity (Wildman–Crippen MR) is 98.6 cm³/mol. The number of hydrogen-bond acceptors (Lipinski definition) is 4. The van der Waals surface area contributed by atoms with Crippen LogP contribution in [0.5, 0.6) is 0 Å².